The molecule has 0 spiro atoms. The Morgan fingerprint density at radius 3 is 2.58 bits per heavy atom. The summed E-state index contributed by atoms with van der Waals surface area (Å²) in [7, 11) is -3.74. The van der Waals surface area contributed by atoms with E-state index < -0.39 is 16.0 Å². The number of carbonyl (C=O) groups is 1. The van der Waals surface area contributed by atoms with Crippen LogP contribution in [0, 0.1) is 0 Å². The van der Waals surface area contributed by atoms with Gasteiger partial charge in [0.2, 0.25) is 10.0 Å². The smallest absolute Gasteiger partial charge is 0.336 e. The number of thiophene rings is 1. The first-order valence-electron chi connectivity index (χ1n) is 9.68. The number of carboxylic acid groups (broad SMARTS) is 1. The predicted octanol–water partition coefficient (Wildman–Crippen LogP) is 3.84. The molecule has 158 valence electrons. The molecular formula is C22H18N2O5S2. The number of benzene rings is 2. The van der Waals surface area contributed by atoms with Gasteiger partial charge in [-0.1, -0.05) is 18.2 Å². The molecule has 4 aromatic rings. The fraction of sp³-hybridized carbons (Fsp3) is 0.182. The summed E-state index contributed by atoms with van der Waals surface area (Å²) in [5, 5.41) is 11.2. The molecule has 0 radical (unpaired) electrons. The van der Waals surface area contributed by atoms with Crippen LogP contribution >= 0.6 is 11.3 Å². The zero-order valence-corrected chi connectivity index (χ0v) is 17.9. The minimum Gasteiger partial charge on any atom is -0.478 e. The van der Waals surface area contributed by atoms with Gasteiger partial charge in [0.15, 0.2) is 0 Å². The number of pyridine rings is 1. The number of aromatic nitrogens is 1. The molecule has 3 heterocycles. The third-order valence-corrected chi connectivity index (χ3v) is 8.33. The summed E-state index contributed by atoms with van der Waals surface area (Å²) in [5.74, 6) is -1.13. The predicted molar refractivity (Wildman–Crippen MR) is 119 cm³/mol. The number of nitrogens with zero attached hydrogens (tertiary/aromatic N) is 2. The number of hydrogen-bond acceptors (Lipinski definition) is 6. The van der Waals surface area contributed by atoms with E-state index in [2.05, 4.69) is 4.98 Å². The van der Waals surface area contributed by atoms with Crippen LogP contribution in [-0.4, -0.2) is 55.1 Å². The van der Waals surface area contributed by atoms with E-state index in [1.165, 1.54) is 33.8 Å². The monoisotopic (exact) mass is 454 g/mol. The quantitative estimate of drug-likeness (QED) is 0.503. The van der Waals surface area contributed by atoms with Crippen molar-refractivity contribution in [3.8, 4) is 10.6 Å². The first kappa shape index (κ1) is 20.1. The molecule has 2 aromatic carbocycles. The van der Waals surface area contributed by atoms with Gasteiger partial charge in [-0.2, -0.15) is 4.31 Å². The van der Waals surface area contributed by atoms with E-state index in [9.17, 15) is 18.3 Å². The van der Waals surface area contributed by atoms with E-state index in [-0.39, 0.29) is 23.5 Å². The van der Waals surface area contributed by atoms with Crippen molar-refractivity contribution in [1.82, 2.24) is 9.29 Å². The number of hydrogen-bond donors (Lipinski definition) is 1. The molecule has 9 heteroatoms. The first-order chi connectivity index (χ1) is 14.9. The van der Waals surface area contributed by atoms with E-state index in [0.717, 1.165) is 15.0 Å². The van der Waals surface area contributed by atoms with Gasteiger partial charge < -0.3 is 9.84 Å². The Labute approximate surface area is 182 Å². The summed E-state index contributed by atoms with van der Waals surface area (Å²) in [4.78, 5) is 17.6. The summed E-state index contributed by atoms with van der Waals surface area (Å²) >= 11 is 1.54. The second-order valence-electron chi connectivity index (χ2n) is 7.20. The van der Waals surface area contributed by atoms with Gasteiger partial charge in [-0.25, -0.2) is 18.2 Å². The van der Waals surface area contributed by atoms with Gasteiger partial charge in [0.25, 0.3) is 0 Å². The van der Waals surface area contributed by atoms with Gasteiger partial charge in [0.05, 0.1) is 39.8 Å². The van der Waals surface area contributed by atoms with Crippen molar-refractivity contribution in [2.45, 2.75) is 4.90 Å². The molecule has 1 fully saturated rings. The van der Waals surface area contributed by atoms with Crippen LogP contribution in [-0.2, 0) is 14.8 Å². The lowest BCUT2D eigenvalue weighted by Crippen LogP contribution is -2.40. The molecule has 0 unspecified atom stereocenters. The standard InChI is InChI=1S/C22H18N2O5S2/c25-22(26)17-13-19(21-11-14-3-1-2-4-20(14)30-21)23-18-6-5-15(12-16(17)18)31(27,28)24-7-9-29-10-8-24/h1-6,11-13H,7-10H2,(H,25,26). The lowest BCUT2D eigenvalue weighted by Gasteiger charge is -2.26. The highest BCUT2D eigenvalue weighted by atomic mass is 32.2. The van der Waals surface area contributed by atoms with E-state index in [4.69, 9.17) is 4.74 Å². The second kappa shape index (κ2) is 7.69. The second-order valence-corrected chi connectivity index (χ2v) is 10.2. The molecule has 1 aliphatic rings. The Kier molecular flexibility index (Phi) is 4.98. The number of fused-ring (bicyclic) bond motifs is 2. The molecule has 7 nitrogen and oxygen atoms in total. The van der Waals surface area contributed by atoms with E-state index in [0.29, 0.717) is 29.8 Å². The van der Waals surface area contributed by atoms with E-state index in [1.54, 1.807) is 6.07 Å². The number of carboxylic acids is 1. The van der Waals surface area contributed by atoms with Crippen LogP contribution in [0.5, 0.6) is 0 Å². The molecule has 0 aliphatic carbocycles. The van der Waals surface area contributed by atoms with Gasteiger partial charge in [-0.3, -0.25) is 0 Å². The largest absolute Gasteiger partial charge is 0.478 e. The minimum atomic E-state index is -3.74. The molecule has 0 bridgehead atoms. The van der Waals surface area contributed by atoms with Crippen LogP contribution in [0.3, 0.4) is 0 Å². The third kappa shape index (κ3) is 3.59. The Morgan fingerprint density at radius 2 is 1.84 bits per heavy atom. The van der Waals surface area contributed by atoms with Gasteiger partial charge in [0, 0.05) is 23.2 Å². The van der Waals surface area contributed by atoms with Crippen LogP contribution in [0.15, 0.2) is 59.5 Å². The normalized spacial score (nSPS) is 15.5. The average Bonchev–Trinajstić information content (AvgIpc) is 3.23. The highest BCUT2D eigenvalue weighted by Gasteiger charge is 2.27. The Morgan fingerprint density at radius 1 is 1.06 bits per heavy atom. The van der Waals surface area contributed by atoms with E-state index in [1.807, 2.05) is 30.3 Å². The average molecular weight is 455 g/mol. The van der Waals surface area contributed by atoms with Crippen molar-refractivity contribution >= 4 is 48.3 Å². The maximum Gasteiger partial charge on any atom is 0.336 e. The highest BCUT2D eigenvalue weighted by Crippen LogP contribution is 2.35. The summed E-state index contributed by atoms with van der Waals surface area (Å²) in [6.07, 6.45) is 0. The van der Waals surface area contributed by atoms with Crippen molar-refractivity contribution in [1.29, 1.82) is 0 Å². The summed E-state index contributed by atoms with van der Waals surface area (Å²) in [6.45, 7) is 1.23. The number of ether oxygens (including phenoxy) is 1. The molecule has 1 N–H and O–H groups in total. The van der Waals surface area contributed by atoms with Gasteiger partial charge in [-0.05, 0) is 41.8 Å². The minimum absolute atomic E-state index is 0.0245. The molecule has 2 aromatic heterocycles. The molecule has 31 heavy (non-hydrogen) atoms. The Balaban J connectivity index is 1.64. The molecular weight excluding hydrogens is 436 g/mol. The molecule has 1 aliphatic heterocycles. The number of rotatable bonds is 4. The maximum absolute atomic E-state index is 13.0. The summed E-state index contributed by atoms with van der Waals surface area (Å²) < 4.78 is 33.7. The zero-order chi connectivity index (χ0) is 21.6. The molecule has 0 atom stereocenters. The summed E-state index contributed by atoms with van der Waals surface area (Å²) in [5.41, 5.74) is 1.01. The topological polar surface area (TPSA) is 96.8 Å². The van der Waals surface area contributed by atoms with Crippen molar-refractivity contribution < 1.29 is 23.1 Å². The molecule has 5 rings (SSSR count). The van der Waals surface area contributed by atoms with Crippen molar-refractivity contribution in [3.63, 3.8) is 0 Å². The van der Waals surface area contributed by atoms with Crippen molar-refractivity contribution in [3.05, 3.63) is 60.2 Å². The lowest BCUT2D eigenvalue weighted by atomic mass is 10.1. The van der Waals surface area contributed by atoms with Crippen LogP contribution in [0.25, 0.3) is 31.6 Å². The Hall–Kier alpha value is -2.85. The van der Waals surface area contributed by atoms with Crippen molar-refractivity contribution in [2.24, 2.45) is 0 Å². The first-order valence-corrected chi connectivity index (χ1v) is 11.9. The number of sulfonamides is 1. The van der Waals surface area contributed by atoms with Gasteiger partial charge in [-0.15, -0.1) is 11.3 Å². The molecule has 1 saturated heterocycles. The lowest BCUT2D eigenvalue weighted by molar-refractivity contribution is 0.0699. The maximum atomic E-state index is 13.0. The fourth-order valence-electron chi connectivity index (χ4n) is 3.71. The van der Waals surface area contributed by atoms with Crippen molar-refractivity contribution in [2.75, 3.05) is 26.3 Å². The molecule has 0 amide bonds. The van der Waals surface area contributed by atoms with Crippen LogP contribution in [0.2, 0.25) is 0 Å². The highest BCUT2D eigenvalue weighted by molar-refractivity contribution is 7.89. The number of morpholine rings is 1. The van der Waals surface area contributed by atoms with Gasteiger partial charge in [0.1, 0.15) is 0 Å². The third-order valence-electron chi connectivity index (χ3n) is 5.30. The van der Waals surface area contributed by atoms with Crippen LogP contribution in [0.1, 0.15) is 10.4 Å². The van der Waals surface area contributed by atoms with Crippen LogP contribution in [0.4, 0.5) is 0 Å². The summed E-state index contributed by atoms with van der Waals surface area (Å²) in [6, 6.07) is 15.9. The zero-order valence-electron chi connectivity index (χ0n) is 16.3. The SMILES string of the molecule is O=C(O)c1cc(-c2cc3ccccc3s2)nc2ccc(S(=O)(=O)N3CCOCC3)cc12. The Bertz CT molecular complexity index is 1390. The number of aromatic carboxylic acids is 1. The fourth-order valence-corrected chi connectivity index (χ4v) is 6.17. The van der Waals surface area contributed by atoms with Gasteiger partial charge >= 0.3 is 5.97 Å². The molecule has 0 saturated carbocycles. The van der Waals surface area contributed by atoms with Crippen LogP contribution < -0.4 is 0 Å². The van der Waals surface area contributed by atoms with E-state index >= 15 is 0 Å².